The molecule has 4 aromatic rings. The van der Waals surface area contributed by atoms with E-state index in [0.717, 1.165) is 37.8 Å². The Morgan fingerprint density at radius 3 is 0.938 bits per heavy atom. The van der Waals surface area contributed by atoms with Crippen LogP contribution in [-0.4, -0.2) is 38.5 Å². The van der Waals surface area contributed by atoms with Crippen LogP contribution in [0.4, 0.5) is 11.4 Å². The SMILES string of the molecule is C1CCOC1.C1CCOC1.CC(C)[N-]C(C)C.Cc1cccc([N-]Cc2cc(C(C)(C)C)cc(C(C)(C)C)c2)c1-c1c(C)cccc1[N-]Cc1cc(C(C)(C)C)cc(C(C)(C)C)c1.[Y+3]. The van der Waals surface area contributed by atoms with E-state index in [4.69, 9.17) is 20.1 Å². The van der Waals surface area contributed by atoms with Crippen molar-refractivity contribution < 1.29 is 42.2 Å². The molecule has 2 fully saturated rings. The molecule has 0 N–H and O–H groups in total. The van der Waals surface area contributed by atoms with Gasteiger partial charge in [0.2, 0.25) is 0 Å². The van der Waals surface area contributed by atoms with E-state index in [1.54, 1.807) is 0 Å². The summed E-state index contributed by atoms with van der Waals surface area (Å²) in [5.74, 6) is 0. The summed E-state index contributed by atoms with van der Waals surface area (Å²) in [7, 11) is 0. The zero-order valence-corrected chi connectivity index (χ0v) is 46.7. The van der Waals surface area contributed by atoms with Crippen molar-refractivity contribution in [2.24, 2.45) is 0 Å². The Balaban J connectivity index is 0.000000649. The number of aryl methyl sites for hydroxylation is 2. The molecule has 0 radical (unpaired) electrons. The van der Waals surface area contributed by atoms with E-state index < -0.39 is 0 Å². The molecule has 5 nitrogen and oxygen atoms in total. The third-order valence-corrected chi connectivity index (χ3v) is 11.3. The van der Waals surface area contributed by atoms with Crippen LogP contribution in [0.3, 0.4) is 0 Å². The summed E-state index contributed by atoms with van der Waals surface area (Å²) in [5.41, 5.74) is 15.1. The van der Waals surface area contributed by atoms with Crippen molar-refractivity contribution in [1.29, 1.82) is 0 Å². The van der Waals surface area contributed by atoms with Gasteiger partial charge in [-0.1, -0.05) is 195 Å². The van der Waals surface area contributed by atoms with Crippen LogP contribution in [0.1, 0.15) is 181 Å². The fourth-order valence-electron chi connectivity index (χ4n) is 7.49. The Kier molecular flexibility index (Phi) is 23.5. The van der Waals surface area contributed by atoms with E-state index in [1.807, 2.05) is 0 Å². The average Bonchev–Trinajstić information content (AvgIpc) is 3.96. The number of benzene rings is 4. The van der Waals surface area contributed by atoms with Crippen LogP contribution in [0.2, 0.25) is 0 Å². The summed E-state index contributed by atoms with van der Waals surface area (Å²) in [5, 5.41) is 14.9. The molecule has 0 amide bonds. The molecule has 2 saturated heterocycles. The Labute approximate surface area is 418 Å². The molecule has 350 valence electrons. The molecule has 0 aromatic heterocycles. The smallest absolute Gasteiger partial charge is 0.680 e. The summed E-state index contributed by atoms with van der Waals surface area (Å²) in [4.78, 5) is 0. The van der Waals surface area contributed by atoms with Gasteiger partial charge in [0, 0.05) is 26.4 Å². The minimum Gasteiger partial charge on any atom is -0.680 e. The summed E-state index contributed by atoms with van der Waals surface area (Å²) in [6.45, 7) is 45.6. The van der Waals surface area contributed by atoms with E-state index in [1.165, 1.54) is 81.3 Å². The zero-order chi connectivity index (χ0) is 47.2. The Hall–Kier alpha value is -2.54. The topological polar surface area (TPSA) is 60.8 Å². The van der Waals surface area contributed by atoms with Gasteiger partial charge in [-0.25, -0.2) is 0 Å². The molecule has 4 aromatic carbocycles. The fraction of sp³-hybridized carbons (Fsp3) is 0.586. The first-order chi connectivity index (χ1) is 29.3. The number of ether oxygens (including phenoxy) is 2. The minimum atomic E-state index is 0. The van der Waals surface area contributed by atoms with Crippen molar-refractivity contribution in [3.63, 3.8) is 0 Å². The van der Waals surface area contributed by atoms with Gasteiger partial charge in [-0.15, -0.1) is 36.5 Å². The predicted octanol–water partition coefficient (Wildman–Crippen LogP) is 17.3. The zero-order valence-electron chi connectivity index (χ0n) is 43.9. The minimum absolute atomic E-state index is 0. The van der Waals surface area contributed by atoms with E-state index >= 15 is 0 Å². The molecule has 0 unspecified atom stereocenters. The van der Waals surface area contributed by atoms with Gasteiger partial charge in [0.05, 0.1) is 0 Å². The van der Waals surface area contributed by atoms with Crippen molar-refractivity contribution in [3.05, 3.63) is 133 Å². The van der Waals surface area contributed by atoms with Gasteiger partial charge < -0.3 is 25.4 Å². The summed E-state index contributed by atoms with van der Waals surface area (Å²) in [6.07, 6.45) is 5.11. The molecule has 0 saturated carbocycles. The predicted molar refractivity (Wildman–Crippen MR) is 276 cm³/mol. The number of hydrogen-bond acceptors (Lipinski definition) is 2. The maximum absolute atomic E-state index is 5.30. The summed E-state index contributed by atoms with van der Waals surface area (Å²) >= 11 is 0. The van der Waals surface area contributed by atoms with Crippen LogP contribution >= 0.6 is 0 Å². The fourth-order valence-corrected chi connectivity index (χ4v) is 7.49. The number of hydrogen-bond donors (Lipinski definition) is 0. The molecular formula is C58H88N3O2Y. The van der Waals surface area contributed by atoms with Crippen LogP contribution in [0.5, 0.6) is 0 Å². The van der Waals surface area contributed by atoms with Gasteiger partial charge in [0.15, 0.2) is 0 Å². The second-order valence-corrected chi connectivity index (χ2v) is 22.4. The molecular weight excluding hydrogens is 860 g/mol. The van der Waals surface area contributed by atoms with Gasteiger partial charge >= 0.3 is 32.7 Å². The van der Waals surface area contributed by atoms with Crippen molar-refractivity contribution in [2.75, 3.05) is 26.4 Å². The monoisotopic (exact) mass is 948 g/mol. The largest absolute Gasteiger partial charge is 3.00 e. The number of rotatable bonds is 9. The first kappa shape index (κ1) is 57.6. The van der Waals surface area contributed by atoms with E-state index in [-0.39, 0.29) is 54.4 Å². The van der Waals surface area contributed by atoms with Crippen LogP contribution in [0.15, 0.2) is 72.8 Å². The van der Waals surface area contributed by atoms with Gasteiger partial charge in [0.1, 0.15) is 0 Å². The average molecular weight is 948 g/mol. The molecule has 64 heavy (non-hydrogen) atoms. The van der Waals surface area contributed by atoms with Crippen LogP contribution in [0, 0.1) is 13.8 Å². The van der Waals surface area contributed by atoms with Crippen LogP contribution in [0.25, 0.3) is 27.1 Å². The molecule has 6 heteroatoms. The first-order valence-electron chi connectivity index (χ1n) is 24.0. The third-order valence-electron chi connectivity index (χ3n) is 11.3. The van der Waals surface area contributed by atoms with E-state index in [0.29, 0.717) is 25.2 Å². The van der Waals surface area contributed by atoms with Gasteiger partial charge in [-0.2, -0.15) is 0 Å². The standard InChI is InChI=1S/C44H58N2.C6H14N.2C4H8O.Y/c1-29-17-15-19-37(45-27-31-21-33(41(3,4)5)25-34(22-31)42(6,7)8)39(29)40-30(2)18-16-20-38(40)46-28-32-23-35(43(9,10)11)26-36(24-32)44(12,13)14;1-5(2)7-6(3)4;2*1-2-4-5-3-1;/h15-26H,27-28H2,1-14H3;5-6H,1-4H3;2*1-4H2;/q-2;-1;;;+3. The Morgan fingerprint density at radius 1 is 0.453 bits per heavy atom. The summed E-state index contributed by atoms with van der Waals surface area (Å²) in [6, 6.07) is 28.1. The molecule has 2 heterocycles. The third kappa shape index (κ3) is 19.7. The molecule has 6 rings (SSSR count). The normalized spacial score (nSPS) is 14.1. The second-order valence-electron chi connectivity index (χ2n) is 22.4. The molecule has 0 spiro atoms. The second kappa shape index (κ2) is 26.1. The molecule has 0 aliphatic carbocycles. The number of nitrogens with zero attached hydrogens (tertiary/aromatic N) is 3. The van der Waals surface area contributed by atoms with Gasteiger partial charge in [-0.3, -0.25) is 0 Å². The van der Waals surface area contributed by atoms with Gasteiger partial charge in [0.25, 0.3) is 0 Å². The Bertz CT molecular complexity index is 1760. The van der Waals surface area contributed by atoms with Crippen molar-refractivity contribution in [1.82, 2.24) is 0 Å². The summed E-state index contributed by atoms with van der Waals surface area (Å²) < 4.78 is 9.89. The van der Waals surface area contributed by atoms with Crippen molar-refractivity contribution in [3.8, 4) is 11.1 Å². The molecule has 2 aliphatic rings. The van der Waals surface area contributed by atoms with Gasteiger partial charge in [-0.05, 0) is 106 Å². The quantitative estimate of drug-likeness (QED) is 0.168. The molecule has 0 bridgehead atoms. The Morgan fingerprint density at radius 2 is 0.734 bits per heavy atom. The van der Waals surface area contributed by atoms with Crippen molar-refractivity contribution >= 4 is 11.4 Å². The maximum atomic E-state index is 5.30. The molecule has 2 aliphatic heterocycles. The first-order valence-corrected chi connectivity index (χ1v) is 24.0. The van der Waals surface area contributed by atoms with Crippen molar-refractivity contribution in [2.45, 2.75) is 197 Å². The van der Waals surface area contributed by atoms with E-state index in [9.17, 15) is 0 Å². The maximum Gasteiger partial charge on any atom is 3.00 e. The van der Waals surface area contributed by atoms with E-state index in [2.05, 4.69) is 203 Å². The van der Waals surface area contributed by atoms with Crippen LogP contribution in [-0.2, 0) is 76.9 Å². The van der Waals surface area contributed by atoms with Crippen LogP contribution < -0.4 is 0 Å². The molecule has 0 atom stereocenters.